The van der Waals surface area contributed by atoms with Crippen LogP contribution in [0.4, 0.5) is 24.8 Å². The summed E-state index contributed by atoms with van der Waals surface area (Å²) in [5.74, 6) is 1.43. The lowest BCUT2D eigenvalue weighted by Gasteiger charge is -2.21. The summed E-state index contributed by atoms with van der Waals surface area (Å²) in [7, 11) is 0. The Hall–Kier alpha value is -2.94. The van der Waals surface area contributed by atoms with E-state index in [9.17, 15) is 13.2 Å². The first-order valence-electron chi connectivity index (χ1n) is 9.00. The number of alkyl halides is 3. The van der Waals surface area contributed by atoms with E-state index in [1.807, 2.05) is 13.0 Å². The molecule has 2 aliphatic rings. The van der Waals surface area contributed by atoms with E-state index in [0.29, 0.717) is 24.2 Å². The average molecular weight is 386 g/mol. The van der Waals surface area contributed by atoms with E-state index < -0.39 is 11.7 Å². The van der Waals surface area contributed by atoms with Gasteiger partial charge in [0.05, 0.1) is 11.3 Å². The Morgan fingerprint density at radius 1 is 1.18 bits per heavy atom. The third-order valence-corrected chi connectivity index (χ3v) is 5.14. The number of hydrogen-bond acceptors (Lipinski definition) is 5. The van der Waals surface area contributed by atoms with Crippen molar-refractivity contribution in [1.82, 2.24) is 25.5 Å². The molecule has 0 bridgehead atoms. The third kappa shape index (κ3) is 2.91. The highest BCUT2D eigenvalue weighted by atomic mass is 19.4. The summed E-state index contributed by atoms with van der Waals surface area (Å²) in [5.41, 5.74) is 1.80. The van der Waals surface area contributed by atoms with Crippen molar-refractivity contribution in [2.75, 3.05) is 5.32 Å². The number of hydrogen-bond donors (Lipinski definition) is 3. The number of nitrogens with zero attached hydrogens (tertiary/aromatic N) is 3. The molecule has 1 aromatic carbocycles. The van der Waals surface area contributed by atoms with E-state index in [1.54, 1.807) is 6.07 Å². The van der Waals surface area contributed by atoms with E-state index in [0.717, 1.165) is 29.4 Å². The van der Waals surface area contributed by atoms with E-state index in [-0.39, 0.29) is 17.3 Å². The first-order chi connectivity index (χ1) is 13.4. The quantitative estimate of drug-likeness (QED) is 0.636. The Balaban J connectivity index is 1.66. The van der Waals surface area contributed by atoms with E-state index in [4.69, 9.17) is 0 Å². The van der Waals surface area contributed by atoms with Gasteiger partial charge in [-0.3, -0.25) is 5.10 Å². The summed E-state index contributed by atoms with van der Waals surface area (Å²) >= 11 is 0. The first kappa shape index (κ1) is 17.2. The molecule has 9 heteroatoms. The van der Waals surface area contributed by atoms with Gasteiger partial charge in [-0.15, -0.1) is 0 Å². The van der Waals surface area contributed by atoms with Crippen molar-refractivity contribution in [1.29, 1.82) is 0 Å². The van der Waals surface area contributed by atoms with Gasteiger partial charge in [0.2, 0.25) is 0 Å². The van der Waals surface area contributed by atoms with Crippen molar-refractivity contribution in [2.45, 2.75) is 38.0 Å². The number of anilines is 2. The van der Waals surface area contributed by atoms with Crippen molar-refractivity contribution < 1.29 is 13.2 Å². The van der Waals surface area contributed by atoms with Crippen molar-refractivity contribution in [3.63, 3.8) is 0 Å². The van der Waals surface area contributed by atoms with Gasteiger partial charge >= 0.3 is 6.18 Å². The highest BCUT2D eigenvalue weighted by Gasteiger charge is 2.45. The lowest BCUT2D eigenvalue weighted by atomic mass is 10.0. The topological polar surface area (TPSA) is 78.5 Å². The molecule has 0 spiro atoms. The molecule has 2 atom stereocenters. The number of aryl methyl sites for hydroxylation is 1. The molecule has 2 unspecified atom stereocenters. The number of aromatic amines is 1. The fourth-order valence-corrected chi connectivity index (χ4v) is 3.75. The fraction of sp³-hybridized carbons (Fsp3) is 0.316. The summed E-state index contributed by atoms with van der Waals surface area (Å²) in [5, 5.41) is 13.6. The zero-order valence-corrected chi connectivity index (χ0v) is 14.9. The maximum Gasteiger partial charge on any atom is 0.417 e. The zero-order chi connectivity index (χ0) is 19.5. The number of aromatic nitrogens is 4. The number of rotatable bonds is 3. The van der Waals surface area contributed by atoms with Crippen LogP contribution in [0.3, 0.4) is 0 Å². The van der Waals surface area contributed by atoms with Gasteiger partial charge in [0, 0.05) is 41.4 Å². The molecular formula is C19H17F3N6. The molecule has 1 aliphatic carbocycles. The minimum atomic E-state index is -4.48. The summed E-state index contributed by atoms with van der Waals surface area (Å²) < 4.78 is 40.5. The molecule has 5 rings (SSSR count). The average Bonchev–Trinajstić information content (AvgIpc) is 3.35. The van der Waals surface area contributed by atoms with Crippen LogP contribution in [0.2, 0.25) is 0 Å². The van der Waals surface area contributed by atoms with Crippen LogP contribution >= 0.6 is 0 Å². The highest BCUT2D eigenvalue weighted by Crippen LogP contribution is 2.48. The third-order valence-electron chi connectivity index (χ3n) is 5.14. The van der Waals surface area contributed by atoms with Gasteiger partial charge in [-0.2, -0.15) is 18.3 Å². The predicted octanol–water partition coefficient (Wildman–Crippen LogP) is 3.90. The summed E-state index contributed by atoms with van der Waals surface area (Å²) in [6, 6.07) is 7.59. The van der Waals surface area contributed by atoms with E-state index in [1.165, 1.54) is 12.1 Å². The normalized spacial score (nSPS) is 20.4. The lowest BCUT2D eigenvalue weighted by molar-refractivity contribution is -0.137. The highest BCUT2D eigenvalue weighted by molar-refractivity contribution is 5.68. The zero-order valence-electron chi connectivity index (χ0n) is 14.9. The second-order valence-corrected chi connectivity index (χ2v) is 7.19. The van der Waals surface area contributed by atoms with E-state index >= 15 is 0 Å². The molecule has 2 aromatic heterocycles. The molecule has 0 saturated heterocycles. The molecular weight excluding hydrogens is 369 g/mol. The molecule has 1 fully saturated rings. The van der Waals surface area contributed by atoms with Crippen LogP contribution in [0.1, 0.15) is 34.9 Å². The number of fused-ring (bicyclic) bond motifs is 3. The second kappa shape index (κ2) is 6.03. The molecule has 0 radical (unpaired) electrons. The van der Waals surface area contributed by atoms with Crippen LogP contribution in [0.15, 0.2) is 30.3 Å². The second-order valence-electron chi connectivity index (χ2n) is 7.19. The van der Waals surface area contributed by atoms with Crippen LogP contribution in [0.5, 0.6) is 0 Å². The van der Waals surface area contributed by atoms with Crippen molar-refractivity contribution in [3.8, 4) is 11.4 Å². The Morgan fingerprint density at radius 2 is 2.00 bits per heavy atom. The minimum absolute atomic E-state index is 0.0306. The van der Waals surface area contributed by atoms with Crippen molar-refractivity contribution >= 4 is 11.6 Å². The van der Waals surface area contributed by atoms with Crippen LogP contribution in [0.25, 0.3) is 11.4 Å². The van der Waals surface area contributed by atoms with Crippen LogP contribution in [0, 0.1) is 6.92 Å². The van der Waals surface area contributed by atoms with E-state index in [2.05, 4.69) is 30.8 Å². The molecule has 0 amide bonds. The summed E-state index contributed by atoms with van der Waals surface area (Å²) in [6.45, 7) is 2.38. The van der Waals surface area contributed by atoms with Crippen LogP contribution in [-0.4, -0.2) is 26.2 Å². The van der Waals surface area contributed by atoms with Gasteiger partial charge in [-0.1, -0.05) is 18.2 Å². The lowest BCUT2D eigenvalue weighted by Crippen LogP contribution is -2.25. The van der Waals surface area contributed by atoms with Crippen LogP contribution in [-0.2, 0) is 12.7 Å². The largest absolute Gasteiger partial charge is 0.417 e. The number of H-pyrrole nitrogens is 1. The molecule has 6 nitrogen and oxygen atoms in total. The molecule has 28 heavy (non-hydrogen) atoms. The Labute approximate surface area is 158 Å². The smallest absolute Gasteiger partial charge is 0.323 e. The first-order valence-corrected chi connectivity index (χ1v) is 9.00. The Kier molecular flexibility index (Phi) is 3.70. The Morgan fingerprint density at radius 3 is 2.75 bits per heavy atom. The van der Waals surface area contributed by atoms with Crippen molar-refractivity contribution in [2.24, 2.45) is 0 Å². The summed E-state index contributed by atoms with van der Waals surface area (Å²) in [4.78, 5) is 9.01. The molecule has 144 valence electrons. The standard InChI is InChI=1S/C19H17F3N6/c1-9-6-15(28-27-9)25-18-16-11-7-13(11)23-8-14(16)24-17(26-18)10-4-2-3-5-12(10)19(20,21)22/h2-6,11,13,23H,7-8H2,1H3,(H2,24,25,26,27,28). The van der Waals surface area contributed by atoms with Gasteiger partial charge in [0.25, 0.3) is 0 Å². The number of halogens is 3. The van der Waals surface area contributed by atoms with Gasteiger partial charge in [-0.05, 0) is 19.4 Å². The molecule has 1 saturated carbocycles. The maximum atomic E-state index is 13.5. The maximum absolute atomic E-state index is 13.5. The minimum Gasteiger partial charge on any atom is -0.323 e. The number of nitrogens with one attached hydrogen (secondary N) is 3. The monoisotopic (exact) mass is 386 g/mol. The summed E-state index contributed by atoms with van der Waals surface area (Å²) in [6.07, 6.45) is -3.51. The number of benzene rings is 1. The molecule has 3 aromatic rings. The van der Waals surface area contributed by atoms with Gasteiger partial charge in [0.1, 0.15) is 5.82 Å². The molecule has 1 aliphatic heterocycles. The van der Waals surface area contributed by atoms with Gasteiger partial charge in [0.15, 0.2) is 11.6 Å². The predicted molar refractivity (Wildman–Crippen MR) is 97.1 cm³/mol. The fourth-order valence-electron chi connectivity index (χ4n) is 3.75. The Bertz CT molecular complexity index is 1060. The SMILES string of the molecule is Cc1cc(Nc2nc(-c3ccccc3C(F)(F)F)nc3c2C2CC2NC3)n[nH]1. The van der Waals surface area contributed by atoms with Crippen molar-refractivity contribution in [3.05, 3.63) is 52.8 Å². The van der Waals surface area contributed by atoms with Gasteiger partial charge in [-0.25, -0.2) is 9.97 Å². The molecule has 3 N–H and O–H groups in total. The van der Waals surface area contributed by atoms with Gasteiger partial charge < -0.3 is 10.6 Å². The van der Waals surface area contributed by atoms with Crippen LogP contribution < -0.4 is 10.6 Å². The molecule has 3 heterocycles.